The predicted octanol–water partition coefficient (Wildman–Crippen LogP) is 3.84. The quantitative estimate of drug-likeness (QED) is 0.529. The van der Waals surface area contributed by atoms with Crippen molar-refractivity contribution in [1.29, 1.82) is 0 Å². The van der Waals surface area contributed by atoms with Crippen LogP contribution in [0, 0.1) is 0 Å². The highest BCUT2D eigenvalue weighted by Crippen LogP contribution is 2.26. The number of halogens is 1. The van der Waals surface area contributed by atoms with Crippen LogP contribution in [0.4, 0.5) is 5.69 Å². The topological polar surface area (TPSA) is 67.4 Å². The maximum atomic E-state index is 12.5. The third kappa shape index (κ3) is 6.05. The average molecular weight is 393 g/mol. The number of anilines is 1. The lowest BCUT2D eigenvalue weighted by Crippen LogP contribution is -2.29. The van der Waals surface area contributed by atoms with E-state index < -0.39 is 0 Å². The van der Waals surface area contributed by atoms with Gasteiger partial charge in [0.2, 0.25) is 5.91 Å². The summed E-state index contributed by atoms with van der Waals surface area (Å²) < 4.78 is 4.92. The van der Waals surface area contributed by atoms with Crippen LogP contribution in [0.15, 0.2) is 53.4 Å². The second kappa shape index (κ2) is 10.2. The number of benzene rings is 2. The highest BCUT2D eigenvalue weighted by molar-refractivity contribution is 8.00. The summed E-state index contributed by atoms with van der Waals surface area (Å²) in [6.07, 6.45) is 0. The molecule has 26 heavy (non-hydrogen) atoms. The summed E-state index contributed by atoms with van der Waals surface area (Å²) in [7, 11) is 1.57. The fraction of sp³-hybridized carbons (Fsp3) is 0.263. The van der Waals surface area contributed by atoms with E-state index >= 15 is 0 Å². The lowest BCUT2D eigenvalue weighted by Gasteiger charge is -2.15. The van der Waals surface area contributed by atoms with Crippen LogP contribution < -0.4 is 10.6 Å². The lowest BCUT2D eigenvalue weighted by molar-refractivity contribution is -0.115. The number of nitrogens with one attached hydrogen (secondary N) is 2. The highest BCUT2D eigenvalue weighted by Gasteiger charge is 2.18. The van der Waals surface area contributed by atoms with E-state index in [0.717, 1.165) is 4.90 Å². The first-order valence-electron chi connectivity index (χ1n) is 8.10. The third-order valence-corrected chi connectivity index (χ3v) is 4.88. The van der Waals surface area contributed by atoms with Gasteiger partial charge in [0.25, 0.3) is 5.91 Å². The highest BCUT2D eigenvalue weighted by atomic mass is 35.5. The molecule has 0 heterocycles. The summed E-state index contributed by atoms with van der Waals surface area (Å²) in [6.45, 7) is 2.64. The summed E-state index contributed by atoms with van der Waals surface area (Å²) in [5.41, 5.74) is 0.900. The Balaban J connectivity index is 2.01. The second-order valence-electron chi connectivity index (χ2n) is 5.50. The third-order valence-electron chi connectivity index (χ3n) is 3.52. The minimum absolute atomic E-state index is 0.179. The molecule has 2 aromatic rings. The van der Waals surface area contributed by atoms with Crippen LogP contribution in [0.5, 0.6) is 0 Å². The Kier molecular flexibility index (Phi) is 7.97. The molecule has 1 atom stereocenters. The number of carbonyl (C=O) groups excluding carboxylic acids is 2. The Morgan fingerprint density at radius 2 is 1.85 bits per heavy atom. The summed E-state index contributed by atoms with van der Waals surface area (Å²) in [5.74, 6) is -0.432. The van der Waals surface area contributed by atoms with Gasteiger partial charge < -0.3 is 15.4 Å². The van der Waals surface area contributed by atoms with E-state index in [1.165, 1.54) is 11.8 Å². The van der Waals surface area contributed by atoms with Crippen molar-refractivity contribution < 1.29 is 14.3 Å². The van der Waals surface area contributed by atoms with E-state index in [1.54, 1.807) is 43.5 Å². The van der Waals surface area contributed by atoms with E-state index in [9.17, 15) is 9.59 Å². The molecule has 0 fully saturated rings. The van der Waals surface area contributed by atoms with Gasteiger partial charge in [0.05, 0.1) is 23.1 Å². The Hall–Kier alpha value is -2.02. The fourth-order valence-corrected chi connectivity index (χ4v) is 3.15. The minimum atomic E-state index is -0.333. The molecule has 2 amide bonds. The molecule has 138 valence electrons. The zero-order chi connectivity index (χ0) is 18.9. The van der Waals surface area contributed by atoms with Gasteiger partial charge in [0, 0.05) is 23.6 Å². The number of amides is 2. The van der Waals surface area contributed by atoms with Crippen LogP contribution in [0.25, 0.3) is 0 Å². The van der Waals surface area contributed by atoms with Crippen LogP contribution in [-0.4, -0.2) is 37.3 Å². The monoisotopic (exact) mass is 392 g/mol. The molecule has 2 aromatic carbocycles. The van der Waals surface area contributed by atoms with Gasteiger partial charge in [0.15, 0.2) is 0 Å². The SMILES string of the molecule is COCCNC(=O)c1ccccc1NC(=O)[C@@H](C)Sc1ccc(Cl)cc1. The summed E-state index contributed by atoms with van der Waals surface area (Å²) in [5, 5.41) is 5.91. The van der Waals surface area contributed by atoms with Gasteiger partial charge in [-0.05, 0) is 43.3 Å². The molecule has 5 nitrogen and oxygen atoms in total. The van der Waals surface area contributed by atoms with Gasteiger partial charge in [-0.2, -0.15) is 0 Å². The Morgan fingerprint density at radius 1 is 1.15 bits per heavy atom. The molecule has 0 aromatic heterocycles. The van der Waals surface area contributed by atoms with Crippen LogP contribution >= 0.6 is 23.4 Å². The fourth-order valence-electron chi connectivity index (χ4n) is 2.16. The van der Waals surface area contributed by atoms with Gasteiger partial charge in [-0.15, -0.1) is 11.8 Å². The van der Waals surface area contributed by atoms with Crippen molar-refractivity contribution in [3.8, 4) is 0 Å². The molecule has 0 saturated heterocycles. The zero-order valence-corrected chi connectivity index (χ0v) is 16.2. The van der Waals surface area contributed by atoms with Gasteiger partial charge in [-0.1, -0.05) is 23.7 Å². The number of ether oxygens (including phenoxy) is 1. The normalized spacial score (nSPS) is 11.7. The smallest absolute Gasteiger partial charge is 0.253 e. The van der Waals surface area contributed by atoms with Crippen molar-refractivity contribution in [2.24, 2.45) is 0 Å². The van der Waals surface area contributed by atoms with E-state index in [4.69, 9.17) is 16.3 Å². The summed E-state index contributed by atoms with van der Waals surface area (Å²) in [4.78, 5) is 25.7. The predicted molar refractivity (Wildman–Crippen MR) is 106 cm³/mol. The number of hydrogen-bond acceptors (Lipinski definition) is 4. The van der Waals surface area contributed by atoms with Crippen LogP contribution in [0.1, 0.15) is 17.3 Å². The molecule has 0 spiro atoms. The maximum Gasteiger partial charge on any atom is 0.253 e. The minimum Gasteiger partial charge on any atom is -0.383 e. The van der Waals surface area contributed by atoms with Crippen LogP contribution in [0.2, 0.25) is 5.02 Å². The van der Waals surface area contributed by atoms with Crippen LogP contribution in [-0.2, 0) is 9.53 Å². The molecule has 0 saturated carbocycles. The lowest BCUT2D eigenvalue weighted by atomic mass is 10.1. The first-order valence-corrected chi connectivity index (χ1v) is 9.36. The van der Waals surface area contributed by atoms with Gasteiger partial charge in [-0.25, -0.2) is 0 Å². The standard InChI is InChI=1S/C19H21ClN2O3S/c1-13(26-15-9-7-14(20)8-10-15)18(23)22-17-6-4-3-5-16(17)19(24)21-11-12-25-2/h3-10,13H,11-12H2,1-2H3,(H,21,24)(H,22,23)/t13-/m1/s1. The first-order chi connectivity index (χ1) is 12.5. The molecule has 0 unspecified atom stereocenters. The molecule has 0 radical (unpaired) electrons. The molecular formula is C19H21ClN2O3S. The second-order valence-corrected chi connectivity index (χ2v) is 7.35. The first kappa shape index (κ1) is 20.3. The van der Waals surface area contributed by atoms with E-state index in [0.29, 0.717) is 29.4 Å². The average Bonchev–Trinajstić information content (AvgIpc) is 2.64. The summed E-state index contributed by atoms with van der Waals surface area (Å²) >= 11 is 7.30. The van der Waals surface area contributed by atoms with Gasteiger partial charge in [-0.3, -0.25) is 9.59 Å². The number of rotatable bonds is 8. The van der Waals surface area contributed by atoms with Crippen molar-refractivity contribution in [2.75, 3.05) is 25.6 Å². The Labute approximate surface area is 162 Å². The molecule has 0 bridgehead atoms. The van der Waals surface area contributed by atoms with Crippen molar-refractivity contribution >= 4 is 40.9 Å². The van der Waals surface area contributed by atoms with E-state index in [-0.39, 0.29) is 17.1 Å². The van der Waals surface area contributed by atoms with Crippen molar-refractivity contribution in [3.63, 3.8) is 0 Å². The van der Waals surface area contributed by atoms with Crippen molar-refractivity contribution in [2.45, 2.75) is 17.1 Å². The van der Waals surface area contributed by atoms with Gasteiger partial charge in [0.1, 0.15) is 0 Å². The molecule has 0 aliphatic rings. The Morgan fingerprint density at radius 3 is 2.54 bits per heavy atom. The number of carbonyl (C=O) groups is 2. The van der Waals surface area contributed by atoms with Gasteiger partial charge >= 0.3 is 0 Å². The molecule has 2 rings (SSSR count). The molecular weight excluding hydrogens is 372 g/mol. The largest absolute Gasteiger partial charge is 0.383 e. The number of thioether (sulfide) groups is 1. The van der Waals surface area contributed by atoms with Crippen molar-refractivity contribution in [3.05, 3.63) is 59.1 Å². The number of methoxy groups -OCH3 is 1. The maximum absolute atomic E-state index is 12.5. The van der Waals surface area contributed by atoms with Crippen molar-refractivity contribution in [1.82, 2.24) is 5.32 Å². The Bertz CT molecular complexity index is 753. The number of hydrogen-bond donors (Lipinski definition) is 2. The summed E-state index contributed by atoms with van der Waals surface area (Å²) in [6, 6.07) is 14.2. The zero-order valence-electron chi connectivity index (χ0n) is 14.6. The number of para-hydroxylation sites is 1. The molecule has 7 heteroatoms. The van der Waals surface area contributed by atoms with E-state index in [1.807, 2.05) is 19.1 Å². The molecule has 0 aliphatic heterocycles. The molecule has 2 N–H and O–H groups in total. The van der Waals surface area contributed by atoms with E-state index in [2.05, 4.69) is 10.6 Å². The van der Waals surface area contributed by atoms with Crippen LogP contribution in [0.3, 0.4) is 0 Å². The molecule has 0 aliphatic carbocycles.